The number of benzene rings is 1. The molecule has 1 heterocycles. The standard InChI is InChI=1S/C18H22ClNO4/c19-14-6-3-11(4-7-14)15-8-5-13(9-17(22)23)18(24)20(15)16(10-21)12-1-2-12/h3-4,6-7,12-13,15-16,21H,1-2,5,8-10H2,(H,22,23). The molecule has 3 rings (SSSR count). The number of aliphatic hydroxyl groups is 1. The van der Waals surface area contributed by atoms with Gasteiger partial charge < -0.3 is 15.1 Å². The minimum atomic E-state index is -0.954. The van der Waals surface area contributed by atoms with Crippen molar-refractivity contribution in [3.8, 4) is 0 Å². The molecule has 1 saturated carbocycles. The Bertz CT molecular complexity index is 614. The average Bonchev–Trinajstić information content (AvgIpc) is 3.37. The van der Waals surface area contributed by atoms with Gasteiger partial charge in [-0.3, -0.25) is 9.59 Å². The van der Waals surface area contributed by atoms with Gasteiger partial charge in [-0.25, -0.2) is 0 Å². The minimum absolute atomic E-state index is 0.0830. The first-order chi connectivity index (χ1) is 11.5. The van der Waals surface area contributed by atoms with Gasteiger partial charge >= 0.3 is 5.97 Å². The van der Waals surface area contributed by atoms with Crippen molar-refractivity contribution in [2.45, 2.75) is 44.2 Å². The van der Waals surface area contributed by atoms with Gasteiger partial charge in [-0.1, -0.05) is 23.7 Å². The number of rotatable bonds is 6. The maximum atomic E-state index is 13.0. The molecule has 0 spiro atoms. The smallest absolute Gasteiger partial charge is 0.304 e. The summed E-state index contributed by atoms with van der Waals surface area (Å²) in [6.07, 6.45) is 3.12. The molecular weight excluding hydrogens is 330 g/mol. The first-order valence-electron chi connectivity index (χ1n) is 8.41. The maximum Gasteiger partial charge on any atom is 0.304 e. The zero-order valence-electron chi connectivity index (χ0n) is 13.4. The van der Waals surface area contributed by atoms with Gasteiger partial charge in [0.05, 0.1) is 25.1 Å². The lowest BCUT2D eigenvalue weighted by atomic mass is 9.85. The van der Waals surface area contributed by atoms with Gasteiger partial charge in [-0.15, -0.1) is 0 Å². The van der Waals surface area contributed by atoms with E-state index in [-0.39, 0.29) is 31.0 Å². The van der Waals surface area contributed by atoms with Crippen LogP contribution in [0.5, 0.6) is 0 Å². The van der Waals surface area contributed by atoms with E-state index in [1.807, 2.05) is 12.1 Å². The Labute approximate surface area is 146 Å². The molecule has 2 fully saturated rings. The second-order valence-corrected chi connectivity index (χ2v) is 7.21. The van der Waals surface area contributed by atoms with Gasteiger partial charge in [0.1, 0.15) is 0 Å². The summed E-state index contributed by atoms with van der Waals surface area (Å²) in [5, 5.41) is 19.6. The van der Waals surface area contributed by atoms with Crippen LogP contribution in [0.25, 0.3) is 0 Å². The first-order valence-corrected chi connectivity index (χ1v) is 8.79. The van der Waals surface area contributed by atoms with Crippen LogP contribution in [-0.4, -0.2) is 39.6 Å². The van der Waals surface area contributed by atoms with Gasteiger partial charge in [0.15, 0.2) is 0 Å². The van der Waals surface area contributed by atoms with Crippen molar-refractivity contribution in [1.82, 2.24) is 4.90 Å². The molecule has 1 amide bonds. The van der Waals surface area contributed by atoms with Crippen LogP contribution in [0.4, 0.5) is 0 Å². The molecule has 0 radical (unpaired) electrons. The van der Waals surface area contributed by atoms with Crippen LogP contribution in [0.15, 0.2) is 24.3 Å². The highest BCUT2D eigenvalue weighted by atomic mass is 35.5. The number of hydrogen-bond donors (Lipinski definition) is 2. The molecule has 5 nitrogen and oxygen atoms in total. The summed E-state index contributed by atoms with van der Waals surface area (Å²) in [7, 11) is 0. The Balaban J connectivity index is 1.90. The Kier molecular flexibility index (Phi) is 5.11. The third-order valence-corrected chi connectivity index (χ3v) is 5.37. The fraction of sp³-hybridized carbons (Fsp3) is 0.556. The van der Waals surface area contributed by atoms with Crippen LogP contribution in [-0.2, 0) is 9.59 Å². The highest BCUT2D eigenvalue weighted by Crippen LogP contribution is 2.43. The molecular formula is C18H22ClNO4. The zero-order chi connectivity index (χ0) is 17.3. The van der Waals surface area contributed by atoms with Crippen LogP contribution in [0.3, 0.4) is 0 Å². The van der Waals surface area contributed by atoms with E-state index in [1.165, 1.54) is 0 Å². The molecule has 1 aliphatic carbocycles. The quantitative estimate of drug-likeness (QED) is 0.826. The van der Waals surface area contributed by atoms with E-state index >= 15 is 0 Å². The van der Waals surface area contributed by atoms with E-state index < -0.39 is 11.9 Å². The summed E-state index contributed by atoms with van der Waals surface area (Å²) in [5.41, 5.74) is 0.987. The first kappa shape index (κ1) is 17.2. The SMILES string of the molecule is O=C(O)CC1CCC(c2ccc(Cl)cc2)N(C(CO)C2CC2)C1=O. The number of likely N-dealkylation sites (tertiary alicyclic amines) is 1. The Morgan fingerprint density at radius 2 is 1.88 bits per heavy atom. The number of halogens is 1. The van der Waals surface area contributed by atoms with E-state index in [2.05, 4.69) is 0 Å². The third kappa shape index (κ3) is 3.57. The van der Waals surface area contributed by atoms with Crippen molar-refractivity contribution >= 4 is 23.5 Å². The van der Waals surface area contributed by atoms with Crippen LogP contribution in [0, 0.1) is 11.8 Å². The molecule has 3 atom stereocenters. The number of hydrogen-bond acceptors (Lipinski definition) is 3. The fourth-order valence-corrected chi connectivity index (χ4v) is 3.86. The van der Waals surface area contributed by atoms with Crippen LogP contribution >= 0.6 is 11.6 Å². The molecule has 130 valence electrons. The molecule has 1 aliphatic heterocycles. The highest BCUT2D eigenvalue weighted by molar-refractivity contribution is 6.30. The topological polar surface area (TPSA) is 77.8 Å². The van der Waals surface area contributed by atoms with Crippen molar-refractivity contribution in [1.29, 1.82) is 0 Å². The zero-order valence-corrected chi connectivity index (χ0v) is 14.2. The summed E-state index contributed by atoms with van der Waals surface area (Å²) in [5.74, 6) is -1.28. The lowest BCUT2D eigenvalue weighted by Gasteiger charge is -2.44. The van der Waals surface area contributed by atoms with Crippen molar-refractivity contribution < 1.29 is 19.8 Å². The van der Waals surface area contributed by atoms with E-state index in [0.29, 0.717) is 23.8 Å². The van der Waals surface area contributed by atoms with Gasteiger partial charge in [-0.2, -0.15) is 0 Å². The Morgan fingerprint density at radius 1 is 1.21 bits per heavy atom. The van der Waals surface area contributed by atoms with Crippen LogP contribution in [0.1, 0.15) is 43.7 Å². The normalized spacial score (nSPS) is 25.6. The largest absolute Gasteiger partial charge is 0.481 e. The molecule has 1 aromatic rings. The molecule has 6 heteroatoms. The number of carboxylic acid groups (broad SMARTS) is 1. The second-order valence-electron chi connectivity index (χ2n) is 6.77. The molecule has 0 bridgehead atoms. The van der Waals surface area contributed by atoms with E-state index in [4.69, 9.17) is 16.7 Å². The molecule has 2 aliphatic rings. The lowest BCUT2D eigenvalue weighted by Crippen LogP contribution is -2.51. The molecule has 0 aromatic heterocycles. The predicted octanol–water partition coefficient (Wildman–Crippen LogP) is 2.87. The fourth-order valence-electron chi connectivity index (χ4n) is 3.74. The number of aliphatic hydroxyl groups excluding tert-OH is 1. The summed E-state index contributed by atoms with van der Waals surface area (Å²) in [4.78, 5) is 25.8. The number of carbonyl (C=O) groups excluding carboxylic acids is 1. The van der Waals surface area contributed by atoms with Crippen molar-refractivity contribution in [2.24, 2.45) is 11.8 Å². The van der Waals surface area contributed by atoms with Crippen molar-refractivity contribution in [2.75, 3.05) is 6.61 Å². The van der Waals surface area contributed by atoms with Gasteiger partial charge in [0.25, 0.3) is 0 Å². The third-order valence-electron chi connectivity index (χ3n) is 5.11. The molecule has 3 unspecified atom stereocenters. The van der Waals surface area contributed by atoms with E-state index in [0.717, 1.165) is 18.4 Å². The number of amides is 1. The van der Waals surface area contributed by atoms with E-state index in [9.17, 15) is 14.7 Å². The summed E-state index contributed by atoms with van der Waals surface area (Å²) >= 11 is 5.96. The monoisotopic (exact) mass is 351 g/mol. The van der Waals surface area contributed by atoms with Crippen molar-refractivity contribution in [3.63, 3.8) is 0 Å². The van der Waals surface area contributed by atoms with Gasteiger partial charge in [0, 0.05) is 10.9 Å². The van der Waals surface area contributed by atoms with Gasteiger partial charge in [-0.05, 0) is 49.3 Å². The van der Waals surface area contributed by atoms with Crippen LogP contribution < -0.4 is 0 Å². The number of aliphatic carboxylic acids is 1. The average molecular weight is 352 g/mol. The second kappa shape index (κ2) is 7.11. The maximum absolute atomic E-state index is 13.0. The highest BCUT2D eigenvalue weighted by Gasteiger charge is 2.45. The molecule has 2 N–H and O–H groups in total. The Morgan fingerprint density at radius 3 is 2.42 bits per heavy atom. The summed E-state index contributed by atoms with van der Waals surface area (Å²) in [6, 6.07) is 7.06. The number of nitrogens with zero attached hydrogens (tertiary/aromatic N) is 1. The van der Waals surface area contributed by atoms with E-state index in [1.54, 1.807) is 17.0 Å². The summed E-state index contributed by atoms with van der Waals surface area (Å²) < 4.78 is 0. The molecule has 1 saturated heterocycles. The predicted molar refractivity (Wildman–Crippen MR) is 89.6 cm³/mol. The van der Waals surface area contributed by atoms with Crippen LogP contribution in [0.2, 0.25) is 5.02 Å². The Hall–Kier alpha value is -1.59. The minimum Gasteiger partial charge on any atom is -0.481 e. The van der Waals surface area contributed by atoms with Crippen molar-refractivity contribution in [3.05, 3.63) is 34.9 Å². The van der Waals surface area contributed by atoms with Gasteiger partial charge in [0.2, 0.25) is 5.91 Å². The lowest BCUT2D eigenvalue weighted by molar-refractivity contribution is -0.152. The molecule has 24 heavy (non-hydrogen) atoms. The summed E-state index contributed by atoms with van der Waals surface area (Å²) in [6.45, 7) is -0.0830. The molecule has 1 aromatic carbocycles. The number of piperidine rings is 1. The number of carboxylic acids is 1. The number of carbonyl (C=O) groups is 2.